The minimum absolute atomic E-state index is 0.135. The van der Waals surface area contributed by atoms with E-state index in [0.29, 0.717) is 19.0 Å². The van der Waals surface area contributed by atoms with E-state index in [1.807, 2.05) is 0 Å². The van der Waals surface area contributed by atoms with Crippen LogP contribution in [0.25, 0.3) is 0 Å². The van der Waals surface area contributed by atoms with E-state index in [0.717, 1.165) is 58.2 Å². The first-order valence-corrected chi connectivity index (χ1v) is 10.6. The number of ether oxygens (including phenoxy) is 2. The number of sulfonamides is 1. The zero-order valence-electron chi connectivity index (χ0n) is 15.8. The van der Waals surface area contributed by atoms with Gasteiger partial charge >= 0.3 is 0 Å². The first-order valence-electron chi connectivity index (χ1n) is 9.03. The number of hydrogen-bond donors (Lipinski definition) is 2. The summed E-state index contributed by atoms with van der Waals surface area (Å²) in [7, 11) is 0.241. The molecule has 148 valence electrons. The molecule has 1 heterocycles. The van der Waals surface area contributed by atoms with Crippen molar-refractivity contribution in [3.8, 4) is 0 Å². The van der Waals surface area contributed by atoms with E-state index >= 15 is 0 Å². The van der Waals surface area contributed by atoms with Gasteiger partial charge in [0.25, 0.3) is 0 Å². The largest absolute Gasteiger partial charge is 0.381 e. The fraction of sp³-hybridized carbons (Fsp3) is 0.938. The highest BCUT2D eigenvalue weighted by Gasteiger charge is 2.15. The van der Waals surface area contributed by atoms with Gasteiger partial charge in [0, 0.05) is 52.9 Å². The lowest BCUT2D eigenvalue weighted by molar-refractivity contribution is 0.0888. The molecular weight excluding hydrogens is 344 g/mol. The molecule has 0 bridgehead atoms. The van der Waals surface area contributed by atoms with Gasteiger partial charge in [-0.2, -0.15) is 0 Å². The Morgan fingerprint density at radius 3 is 2.64 bits per heavy atom. The van der Waals surface area contributed by atoms with Gasteiger partial charge in [0.1, 0.15) is 0 Å². The number of nitrogens with zero attached hydrogens (tertiary/aromatic N) is 2. The van der Waals surface area contributed by atoms with Gasteiger partial charge in [-0.3, -0.25) is 4.99 Å². The van der Waals surface area contributed by atoms with E-state index in [2.05, 4.69) is 15.6 Å². The maximum Gasteiger partial charge on any atom is 0.213 e. The van der Waals surface area contributed by atoms with Crippen molar-refractivity contribution in [2.45, 2.75) is 26.2 Å². The van der Waals surface area contributed by atoms with Gasteiger partial charge in [-0.1, -0.05) is 0 Å². The summed E-state index contributed by atoms with van der Waals surface area (Å²) in [5, 5.41) is 6.42. The molecule has 0 aliphatic carbocycles. The third kappa shape index (κ3) is 9.39. The molecule has 1 aliphatic rings. The fourth-order valence-electron chi connectivity index (χ4n) is 2.43. The molecular formula is C16H34N4O4S. The highest BCUT2D eigenvalue weighted by Crippen LogP contribution is 2.12. The molecule has 25 heavy (non-hydrogen) atoms. The van der Waals surface area contributed by atoms with Crippen LogP contribution in [0.2, 0.25) is 0 Å². The fourth-order valence-corrected chi connectivity index (χ4v) is 3.28. The van der Waals surface area contributed by atoms with Crippen LogP contribution >= 0.6 is 0 Å². The highest BCUT2D eigenvalue weighted by molar-refractivity contribution is 7.89. The van der Waals surface area contributed by atoms with Crippen LogP contribution in [0.3, 0.4) is 0 Å². The van der Waals surface area contributed by atoms with E-state index in [1.54, 1.807) is 21.0 Å². The summed E-state index contributed by atoms with van der Waals surface area (Å²) >= 11 is 0. The lowest BCUT2D eigenvalue weighted by Crippen LogP contribution is -2.39. The van der Waals surface area contributed by atoms with E-state index in [4.69, 9.17) is 9.47 Å². The minimum atomic E-state index is -3.10. The molecule has 0 aromatic rings. The zero-order chi connectivity index (χ0) is 18.5. The van der Waals surface area contributed by atoms with Gasteiger partial charge in [-0.15, -0.1) is 0 Å². The Morgan fingerprint density at radius 2 is 2.04 bits per heavy atom. The molecule has 8 nitrogen and oxygen atoms in total. The van der Waals surface area contributed by atoms with Gasteiger partial charge in [-0.05, 0) is 26.2 Å². The average Bonchev–Trinajstić information content (AvgIpc) is 3.12. The van der Waals surface area contributed by atoms with Crippen LogP contribution in [0, 0.1) is 5.92 Å². The Balaban J connectivity index is 2.02. The Morgan fingerprint density at radius 1 is 1.32 bits per heavy atom. The first-order chi connectivity index (χ1) is 12.0. The second-order valence-electron chi connectivity index (χ2n) is 6.16. The molecule has 1 unspecified atom stereocenters. The SMILES string of the molecule is CCS(=O)(=O)N(C)CCCNC(=NC)NCCCOCC1CCOC1. The van der Waals surface area contributed by atoms with Crippen LogP contribution in [0.4, 0.5) is 0 Å². The summed E-state index contributed by atoms with van der Waals surface area (Å²) < 4.78 is 35.7. The van der Waals surface area contributed by atoms with Crippen molar-refractivity contribution in [1.82, 2.24) is 14.9 Å². The number of nitrogens with one attached hydrogen (secondary N) is 2. The van der Waals surface area contributed by atoms with Crippen LogP contribution in [0.1, 0.15) is 26.2 Å². The molecule has 9 heteroatoms. The molecule has 0 radical (unpaired) electrons. The molecule has 0 aromatic heterocycles. The third-order valence-electron chi connectivity index (χ3n) is 4.14. The molecule has 1 atom stereocenters. The third-order valence-corrected chi connectivity index (χ3v) is 6.00. The Bertz CT molecular complexity index is 479. The van der Waals surface area contributed by atoms with E-state index in [9.17, 15) is 8.42 Å². The molecule has 0 aromatic carbocycles. The molecule has 0 amide bonds. The van der Waals surface area contributed by atoms with Gasteiger partial charge in [0.15, 0.2) is 5.96 Å². The van der Waals surface area contributed by atoms with E-state index < -0.39 is 10.0 Å². The predicted molar refractivity (Wildman–Crippen MR) is 100 cm³/mol. The second-order valence-corrected chi connectivity index (χ2v) is 8.52. The van der Waals surface area contributed by atoms with E-state index in [-0.39, 0.29) is 5.75 Å². The summed E-state index contributed by atoms with van der Waals surface area (Å²) in [6.45, 7) is 6.79. The molecule has 2 N–H and O–H groups in total. The first kappa shape index (κ1) is 22.1. The zero-order valence-corrected chi connectivity index (χ0v) is 16.6. The molecule has 1 saturated heterocycles. The smallest absolute Gasteiger partial charge is 0.213 e. The summed E-state index contributed by atoms with van der Waals surface area (Å²) in [6, 6.07) is 0. The molecule has 1 fully saturated rings. The Hall–Kier alpha value is -0.900. The van der Waals surface area contributed by atoms with Crippen molar-refractivity contribution in [1.29, 1.82) is 0 Å². The highest BCUT2D eigenvalue weighted by atomic mass is 32.2. The van der Waals surface area contributed by atoms with Gasteiger partial charge in [0.05, 0.1) is 19.0 Å². The number of hydrogen-bond acceptors (Lipinski definition) is 5. The standard InChI is InChI=1S/C16H34N4O4S/c1-4-25(21,22)20(3)10-5-8-18-16(17-2)19-9-6-11-23-13-15-7-12-24-14-15/h15H,4-14H2,1-3H3,(H2,17,18,19). The van der Waals surface area contributed by atoms with Crippen molar-refractivity contribution in [2.24, 2.45) is 10.9 Å². The van der Waals surface area contributed by atoms with Crippen LogP contribution in [-0.4, -0.2) is 84.6 Å². The van der Waals surface area contributed by atoms with Crippen molar-refractivity contribution in [2.75, 3.05) is 65.9 Å². The maximum absolute atomic E-state index is 11.6. The van der Waals surface area contributed by atoms with Crippen molar-refractivity contribution < 1.29 is 17.9 Å². The maximum atomic E-state index is 11.6. The van der Waals surface area contributed by atoms with Crippen molar-refractivity contribution in [3.05, 3.63) is 0 Å². The summed E-state index contributed by atoms with van der Waals surface area (Å²) in [6.07, 6.45) is 2.73. The molecule has 0 spiro atoms. The minimum Gasteiger partial charge on any atom is -0.381 e. The summed E-state index contributed by atoms with van der Waals surface area (Å²) in [4.78, 5) is 4.16. The lowest BCUT2D eigenvalue weighted by atomic mass is 10.1. The van der Waals surface area contributed by atoms with Gasteiger partial charge in [0.2, 0.25) is 10.0 Å². The Labute approximate surface area is 152 Å². The quantitative estimate of drug-likeness (QED) is 0.288. The monoisotopic (exact) mass is 378 g/mol. The normalized spacial score (nSPS) is 18.7. The van der Waals surface area contributed by atoms with Gasteiger partial charge < -0.3 is 20.1 Å². The number of guanidine groups is 1. The number of aliphatic imine (C=N–C) groups is 1. The molecule has 1 aliphatic heterocycles. The summed E-state index contributed by atoms with van der Waals surface area (Å²) in [5.41, 5.74) is 0. The molecule has 1 rings (SSSR count). The topological polar surface area (TPSA) is 92.3 Å². The van der Waals surface area contributed by atoms with Crippen LogP contribution < -0.4 is 10.6 Å². The van der Waals surface area contributed by atoms with Crippen LogP contribution in [0.15, 0.2) is 4.99 Å². The summed E-state index contributed by atoms with van der Waals surface area (Å²) in [5.74, 6) is 1.41. The van der Waals surface area contributed by atoms with Crippen LogP contribution in [0.5, 0.6) is 0 Å². The van der Waals surface area contributed by atoms with Crippen molar-refractivity contribution in [3.63, 3.8) is 0 Å². The predicted octanol–water partition coefficient (Wildman–Crippen LogP) is 0.266. The van der Waals surface area contributed by atoms with Crippen molar-refractivity contribution >= 4 is 16.0 Å². The average molecular weight is 379 g/mol. The number of rotatable bonds is 12. The lowest BCUT2D eigenvalue weighted by Gasteiger charge is -2.17. The van der Waals surface area contributed by atoms with Crippen LogP contribution in [-0.2, 0) is 19.5 Å². The second kappa shape index (κ2) is 12.5. The Kier molecular flexibility index (Phi) is 11.0. The molecule has 0 saturated carbocycles. The van der Waals surface area contributed by atoms with E-state index in [1.165, 1.54) is 4.31 Å². The van der Waals surface area contributed by atoms with Gasteiger partial charge in [-0.25, -0.2) is 12.7 Å².